The number of carbonyl (C=O) groups excluding carboxylic acids is 1. The molecule has 4 aliphatic rings. The number of fused-ring (bicyclic) bond motifs is 4. The van der Waals surface area contributed by atoms with E-state index in [4.69, 9.17) is 23.2 Å². The minimum absolute atomic E-state index is 0.0330. The highest BCUT2D eigenvalue weighted by atomic mass is 36.0. The Morgan fingerprint density at radius 3 is 1.35 bits per heavy atom. The van der Waals surface area contributed by atoms with E-state index < -0.39 is 5.20 Å². The molecule has 0 amide bonds. The molecule has 0 fully saturated rings. The molecule has 274 valence electrons. The molecule has 51 heavy (non-hydrogen) atoms. The Morgan fingerprint density at radius 1 is 0.569 bits per heavy atom. The van der Waals surface area contributed by atoms with Crippen molar-refractivity contribution in [2.75, 3.05) is 0 Å². The largest absolute Gasteiger partial charge is 0.410 e. The van der Waals surface area contributed by atoms with Gasteiger partial charge in [0.1, 0.15) is 10.3 Å². The summed E-state index contributed by atoms with van der Waals surface area (Å²) in [7, 11) is 0. The number of ether oxygens (including phenoxy) is 1. The van der Waals surface area contributed by atoms with Gasteiger partial charge in [-0.05, 0) is 193 Å². The van der Waals surface area contributed by atoms with Crippen LogP contribution in [-0.2, 0) is 60.7 Å². The van der Waals surface area contributed by atoms with Crippen molar-refractivity contribution < 1.29 is 14.1 Å². The van der Waals surface area contributed by atoms with Gasteiger partial charge in [0.05, 0.1) is 0 Å². The first kappa shape index (κ1) is 41.3. The van der Waals surface area contributed by atoms with Gasteiger partial charge >= 0.3 is 5.20 Å². The molecule has 0 bridgehead atoms. The highest BCUT2D eigenvalue weighted by Gasteiger charge is 2.12. The highest BCUT2D eigenvalue weighted by Crippen LogP contribution is 2.61. The Labute approximate surface area is 323 Å². The van der Waals surface area contributed by atoms with Crippen molar-refractivity contribution in [1.29, 1.82) is 0 Å². The fraction of sp³-hybridized carbons (Fsp3) is 0.432. The summed E-state index contributed by atoms with van der Waals surface area (Å²) in [6, 6.07) is 7.59. The molecule has 0 unspecified atom stereocenters. The van der Waals surface area contributed by atoms with Gasteiger partial charge in [0.15, 0.2) is 0 Å². The number of H-pyrrole nitrogens is 1. The second-order valence-electron chi connectivity index (χ2n) is 12.6. The monoisotopic (exact) mass is 812 g/mol. The standard InChI is InChI=1S/C10H11NO2.2C9H10ClN.C9H11NO.Cl3OP/c12-7-13-10-5-8-3-1-2-4-9(8)6-11-10;2*10-9-5-7-3-1-2-4-8(7)6-11-9;11-9-5-7-3-1-2-4-8(7)6-10-9;1-5(2,3)4/h5-7H,1-4H2;2*5-6H,1-4H2;5-6H,1-4H2,(H,10,11);. The van der Waals surface area contributed by atoms with Crippen LogP contribution < -0.4 is 10.3 Å². The van der Waals surface area contributed by atoms with E-state index in [0.717, 1.165) is 25.7 Å². The molecule has 0 saturated heterocycles. The fourth-order valence-corrected chi connectivity index (χ4v) is 6.88. The van der Waals surface area contributed by atoms with Crippen molar-refractivity contribution in [3.05, 3.63) is 114 Å². The Morgan fingerprint density at radius 2 is 0.922 bits per heavy atom. The molecule has 8 rings (SSSR count). The minimum atomic E-state index is -3.22. The van der Waals surface area contributed by atoms with Gasteiger partial charge < -0.3 is 9.72 Å². The quantitative estimate of drug-likeness (QED) is 0.122. The van der Waals surface area contributed by atoms with Crippen molar-refractivity contribution in [1.82, 2.24) is 19.9 Å². The Hall–Kier alpha value is -2.45. The van der Waals surface area contributed by atoms with Crippen LogP contribution in [0.25, 0.3) is 0 Å². The van der Waals surface area contributed by atoms with Crippen molar-refractivity contribution in [3.8, 4) is 5.88 Å². The smallest absolute Gasteiger partial charge is 0.339 e. The second-order valence-corrected chi connectivity index (χ2v) is 20.0. The van der Waals surface area contributed by atoms with Gasteiger partial charge in [0.2, 0.25) is 11.4 Å². The SMILES string of the molecule is Clc1cc2c(cn1)CCCC2.Clc1cc2c(cn1)CCCC2.O=COc1cc2c(cn1)CCCC2.O=P(Cl)(Cl)Cl.O=c1cc2c(c[nH]1)CCCC2. The Balaban J connectivity index is 0.000000146. The van der Waals surface area contributed by atoms with E-state index in [-0.39, 0.29) is 5.56 Å². The zero-order valence-electron chi connectivity index (χ0n) is 28.3. The van der Waals surface area contributed by atoms with Crippen LogP contribution in [0.3, 0.4) is 0 Å². The van der Waals surface area contributed by atoms with Crippen LogP contribution in [0.4, 0.5) is 0 Å². The molecule has 0 saturated carbocycles. The molecule has 14 heteroatoms. The summed E-state index contributed by atoms with van der Waals surface area (Å²) < 4.78 is 14.2. The van der Waals surface area contributed by atoms with Crippen molar-refractivity contribution >= 4 is 68.6 Å². The lowest BCUT2D eigenvalue weighted by Gasteiger charge is -2.14. The second kappa shape index (κ2) is 21.3. The summed E-state index contributed by atoms with van der Waals surface area (Å²) in [6.45, 7) is 0.414. The number of halogens is 5. The summed E-state index contributed by atoms with van der Waals surface area (Å²) in [5, 5.41) is -1.96. The number of hydrogen-bond donors (Lipinski definition) is 1. The van der Waals surface area contributed by atoms with E-state index in [1.165, 1.54) is 122 Å². The van der Waals surface area contributed by atoms with Crippen molar-refractivity contribution in [2.45, 2.75) is 103 Å². The highest BCUT2D eigenvalue weighted by molar-refractivity contribution is 8.24. The van der Waals surface area contributed by atoms with Crippen LogP contribution in [0.1, 0.15) is 95.9 Å². The van der Waals surface area contributed by atoms with E-state index in [1.54, 1.807) is 6.07 Å². The van der Waals surface area contributed by atoms with Crippen LogP contribution in [0.5, 0.6) is 5.88 Å². The third-order valence-corrected chi connectivity index (χ3v) is 9.41. The van der Waals surface area contributed by atoms with Gasteiger partial charge in [0.25, 0.3) is 6.47 Å². The first-order valence-corrected chi connectivity index (χ1v) is 22.4. The maximum absolute atomic E-state index is 10.9. The number of pyridine rings is 4. The molecule has 1 N–H and O–H groups in total. The molecule has 0 aliphatic heterocycles. The van der Waals surface area contributed by atoms with Crippen LogP contribution >= 0.6 is 62.1 Å². The topological polar surface area (TPSA) is 115 Å². The molecule has 4 aromatic rings. The molecule has 0 atom stereocenters. The fourth-order valence-electron chi connectivity index (χ4n) is 6.52. The minimum Gasteiger partial charge on any atom is -0.410 e. The summed E-state index contributed by atoms with van der Waals surface area (Å²) in [6.07, 6.45) is 26.8. The summed E-state index contributed by atoms with van der Waals surface area (Å²) in [5.41, 5.74) is 10.8. The molecule has 0 spiro atoms. The van der Waals surface area contributed by atoms with Crippen LogP contribution in [0.2, 0.25) is 10.3 Å². The third-order valence-electron chi connectivity index (χ3n) is 9.00. The number of aromatic amines is 1. The van der Waals surface area contributed by atoms with Gasteiger partial charge in [-0.25, -0.2) is 15.0 Å². The number of nitrogens with one attached hydrogen (secondary N) is 1. The molecule has 4 heterocycles. The van der Waals surface area contributed by atoms with Crippen LogP contribution in [0.15, 0.2) is 53.8 Å². The van der Waals surface area contributed by atoms with Gasteiger partial charge in [0, 0.05) is 36.9 Å². The van der Waals surface area contributed by atoms with Gasteiger partial charge in [-0.1, -0.05) is 23.2 Å². The van der Waals surface area contributed by atoms with Crippen molar-refractivity contribution in [3.63, 3.8) is 0 Å². The maximum Gasteiger partial charge on any atom is 0.339 e. The lowest BCUT2D eigenvalue weighted by molar-refractivity contribution is -0.120. The molecular formula is C37H42Cl5N4O4P. The first-order valence-electron chi connectivity index (χ1n) is 17.2. The summed E-state index contributed by atoms with van der Waals surface area (Å²) in [5.74, 6) is 0.413. The lowest BCUT2D eigenvalue weighted by atomic mass is 9.94. The zero-order chi connectivity index (χ0) is 36.6. The number of carbonyl (C=O) groups is 1. The summed E-state index contributed by atoms with van der Waals surface area (Å²) >= 11 is 25.4. The number of hydrogen-bond acceptors (Lipinski definition) is 7. The van der Waals surface area contributed by atoms with E-state index in [1.807, 2.05) is 43.0 Å². The van der Waals surface area contributed by atoms with Gasteiger partial charge in [-0.2, -0.15) is 0 Å². The average molecular weight is 815 g/mol. The molecule has 4 aliphatic carbocycles. The van der Waals surface area contributed by atoms with E-state index in [9.17, 15) is 14.2 Å². The van der Waals surface area contributed by atoms with Crippen LogP contribution in [0, 0.1) is 0 Å². The summed E-state index contributed by atoms with van der Waals surface area (Å²) in [4.78, 5) is 35.8. The van der Waals surface area contributed by atoms with Crippen molar-refractivity contribution in [2.24, 2.45) is 0 Å². The molecule has 8 nitrogen and oxygen atoms in total. The van der Waals surface area contributed by atoms with Crippen LogP contribution in [-0.4, -0.2) is 26.4 Å². The molecule has 4 aromatic heterocycles. The predicted molar refractivity (Wildman–Crippen MR) is 208 cm³/mol. The molecule has 0 aromatic carbocycles. The predicted octanol–water partition coefficient (Wildman–Crippen LogP) is 10.8. The molecular weight excluding hydrogens is 773 g/mol. The zero-order valence-corrected chi connectivity index (χ0v) is 33.0. The number of nitrogens with zero attached hydrogens (tertiary/aromatic N) is 3. The van der Waals surface area contributed by atoms with E-state index in [0.29, 0.717) is 22.7 Å². The third kappa shape index (κ3) is 15.2. The lowest BCUT2D eigenvalue weighted by Crippen LogP contribution is -2.11. The van der Waals surface area contributed by atoms with Gasteiger partial charge in [-0.15, -0.1) is 0 Å². The van der Waals surface area contributed by atoms with E-state index >= 15 is 0 Å². The number of rotatable bonds is 2. The number of aryl methyl sites for hydroxylation is 8. The number of aromatic nitrogens is 4. The Kier molecular flexibility index (Phi) is 17.3. The normalized spacial score (nSPS) is 15.3. The Bertz CT molecular complexity index is 1790. The molecule has 0 radical (unpaired) electrons. The first-order chi connectivity index (χ1) is 24.5. The van der Waals surface area contributed by atoms with E-state index in [2.05, 4.69) is 58.4 Å². The van der Waals surface area contributed by atoms with Gasteiger partial charge in [-0.3, -0.25) is 14.2 Å². The maximum atomic E-state index is 10.9. The average Bonchev–Trinajstić information content (AvgIpc) is 3.12.